The molecule has 10 rings (SSSR count). The Morgan fingerprint density at radius 1 is 0.685 bits per heavy atom. The number of nitrogens with zero attached hydrogens (tertiary/aromatic N) is 1. The van der Waals surface area contributed by atoms with E-state index in [0.29, 0.717) is 0 Å². The number of carbonyl (C=O) groups is 9. The van der Waals surface area contributed by atoms with Crippen LogP contribution >= 0.6 is 27.5 Å². The van der Waals surface area contributed by atoms with Gasteiger partial charge < -0.3 is 85.7 Å². The van der Waals surface area contributed by atoms with Crippen LogP contribution in [0.4, 0.5) is 4.79 Å². The Morgan fingerprint density at radius 2 is 1.29 bits per heavy atom. The number of halogens is 2. The molecule has 0 unspecified atom stereocenters. The van der Waals surface area contributed by atoms with Crippen LogP contribution in [-0.4, -0.2) is 141 Å². The molecule has 5 aromatic carbocycles. The van der Waals surface area contributed by atoms with E-state index in [1.54, 1.807) is 34.6 Å². The fourth-order valence-corrected chi connectivity index (χ4v) is 11.3. The van der Waals surface area contributed by atoms with Gasteiger partial charge >= 0.3 is 12.1 Å². The molecule has 5 aliphatic heterocycles. The summed E-state index contributed by atoms with van der Waals surface area (Å²) in [6.45, 7) is 8.47. The standard InChI is InChI=1S/C63H70BrClN8O19/c1-27(2)18-38(73(6)62(84)92-63(3,4)5)56(78)71-50-52(75)29-13-16-40(35(64)20-29)90-43-22-31-23-44(54(43)88-10)91-41-17-14-30(21-36(41)65)53(76)51-60(82)70-49(61(83)89-11)34-24-32(85-7)25-42(87-9)46(34)33-19-28(12-15-39(33)86-8)47(57(79)72-51)69-58(80)48(31)68-55(77)37(26-45(66)74)67-59(50)81/h12-17,19-25,27,37-38,47-53,75-76H,18,26H2,1-11H3,(H2,66,74)(H,67,81)(H,68,77)(H,69,80)(H,70,82)(H,71,78)(H,72,79)/t37-,38+,47+,48+,49-,50+,51-,52+,53+/m0/s1. The number of rotatable bonds is 12. The normalized spacial score (nSPS) is 21.0. The lowest BCUT2D eigenvalue weighted by Crippen LogP contribution is -2.59. The largest absolute Gasteiger partial charge is 0.497 e. The maximum absolute atomic E-state index is 15.8. The second-order valence-corrected chi connectivity index (χ2v) is 24.3. The van der Waals surface area contributed by atoms with Crippen molar-refractivity contribution in [2.75, 3.05) is 42.6 Å². The van der Waals surface area contributed by atoms with E-state index in [2.05, 4.69) is 47.8 Å². The van der Waals surface area contributed by atoms with Crippen molar-refractivity contribution >= 4 is 80.9 Å². The molecule has 92 heavy (non-hydrogen) atoms. The summed E-state index contributed by atoms with van der Waals surface area (Å²) < 4.78 is 47.2. The van der Waals surface area contributed by atoms with Gasteiger partial charge in [-0.05, 0) is 126 Å². The number of aliphatic hydroxyl groups is 2. The van der Waals surface area contributed by atoms with Gasteiger partial charge in [-0.1, -0.05) is 43.6 Å². The van der Waals surface area contributed by atoms with E-state index in [1.165, 1.54) is 114 Å². The zero-order valence-corrected chi connectivity index (χ0v) is 54.2. The van der Waals surface area contributed by atoms with Crippen molar-refractivity contribution in [1.29, 1.82) is 0 Å². The molecule has 0 saturated carbocycles. The van der Waals surface area contributed by atoms with Crippen LogP contribution in [0, 0.1) is 5.92 Å². The fraction of sp³-hybridized carbons (Fsp3) is 0.381. The Labute approximate surface area is 541 Å². The molecule has 0 aromatic heterocycles. The van der Waals surface area contributed by atoms with Crippen LogP contribution in [0.15, 0.2) is 83.3 Å². The zero-order valence-electron chi connectivity index (χ0n) is 51.8. The number of nitrogens with one attached hydrogen (secondary N) is 6. The molecular weight excluding hydrogens is 1290 g/mol. The quantitative estimate of drug-likeness (QED) is 0.0701. The Balaban J connectivity index is 1.37. The van der Waals surface area contributed by atoms with E-state index in [9.17, 15) is 34.2 Å². The summed E-state index contributed by atoms with van der Waals surface area (Å²) in [6, 6.07) is 4.55. The molecule has 0 fully saturated rings. The van der Waals surface area contributed by atoms with E-state index in [-0.39, 0.29) is 107 Å². The SMILES string of the molecule is COC(=O)[C@H]1NC(=O)[C@H]2NC(=O)[C@H](NC(=O)[C@@H]3NC(=O)[C@H](CC(N)=O)NC(=O)[C@H](NC(=O)[C@@H](CC(C)C)N(C)C(=O)OC(C)(C)C)[C@H](O)c4ccc(c(Br)c4)Oc4cc3cc(c4OC)Oc3ccc(cc3Cl)[C@H]2O)c2ccc(OC)c(c2)-c2c(OC)cc(OC)cc21. The van der Waals surface area contributed by atoms with Gasteiger partial charge in [0.2, 0.25) is 47.1 Å². The molecule has 0 saturated heterocycles. The van der Waals surface area contributed by atoms with Crippen LogP contribution in [0.3, 0.4) is 0 Å². The lowest BCUT2D eigenvalue weighted by atomic mass is 9.89. The van der Waals surface area contributed by atoms with Crippen molar-refractivity contribution < 1.29 is 91.3 Å². The Kier molecular flexibility index (Phi) is 21.2. The van der Waals surface area contributed by atoms with Gasteiger partial charge in [-0.25, -0.2) is 9.59 Å². The number of hydrogen-bond donors (Lipinski definition) is 9. The average Bonchev–Trinajstić information content (AvgIpc) is 0.809. The van der Waals surface area contributed by atoms with Crippen molar-refractivity contribution in [2.24, 2.45) is 11.7 Å². The minimum atomic E-state index is -2.07. The summed E-state index contributed by atoms with van der Waals surface area (Å²) in [5.74, 6) is -9.88. The van der Waals surface area contributed by atoms with E-state index in [4.69, 9.17) is 55.2 Å². The minimum Gasteiger partial charge on any atom is -0.497 e. The Hall–Kier alpha value is -9.38. The molecule has 0 aliphatic carbocycles. The highest BCUT2D eigenvalue weighted by Crippen LogP contribution is 2.48. The van der Waals surface area contributed by atoms with Crippen molar-refractivity contribution in [3.8, 4) is 57.1 Å². The molecule has 5 aliphatic rings. The van der Waals surface area contributed by atoms with Gasteiger partial charge in [0.1, 0.15) is 82.8 Å². The summed E-state index contributed by atoms with van der Waals surface area (Å²) in [5, 5.41) is 39.8. The van der Waals surface area contributed by atoms with Crippen LogP contribution in [0.5, 0.6) is 46.0 Å². The third-order valence-corrected chi connectivity index (χ3v) is 16.0. The van der Waals surface area contributed by atoms with Crippen molar-refractivity contribution in [1.82, 2.24) is 36.8 Å². The molecule has 490 valence electrons. The molecule has 11 bridgehead atoms. The summed E-state index contributed by atoms with van der Waals surface area (Å²) in [4.78, 5) is 133. The second kappa shape index (κ2) is 28.4. The molecule has 0 radical (unpaired) electrons. The zero-order chi connectivity index (χ0) is 67.4. The number of esters is 1. The van der Waals surface area contributed by atoms with Crippen LogP contribution < -0.4 is 66.1 Å². The monoisotopic (exact) mass is 1360 g/mol. The molecule has 9 atom stereocenters. The predicted octanol–water partition coefficient (Wildman–Crippen LogP) is 5.45. The van der Waals surface area contributed by atoms with Gasteiger partial charge in [-0.2, -0.15) is 0 Å². The average molecular weight is 1360 g/mol. The molecule has 27 nitrogen and oxygen atoms in total. The van der Waals surface area contributed by atoms with Gasteiger partial charge in [-0.15, -0.1) is 0 Å². The van der Waals surface area contributed by atoms with Gasteiger partial charge in [0.15, 0.2) is 17.5 Å². The maximum atomic E-state index is 15.8. The van der Waals surface area contributed by atoms with E-state index in [0.717, 1.165) is 12.0 Å². The molecular formula is C63H70BrClN8O19. The summed E-state index contributed by atoms with van der Waals surface area (Å²) in [6.07, 6.45) is -5.79. The number of fused-ring (bicyclic) bond motifs is 15. The smallest absolute Gasteiger partial charge is 0.410 e. The number of likely N-dealkylation sites (N-methyl/N-ethyl adjacent to an activating group) is 1. The maximum Gasteiger partial charge on any atom is 0.410 e. The van der Waals surface area contributed by atoms with Crippen LogP contribution in [0.1, 0.15) is 106 Å². The lowest BCUT2D eigenvalue weighted by Gasteiger charge is -2.33. The van der Waals surface area contributed by atoms with Gasteiger partial charge in [0, 0.05) is 29.8 Å². The number of primary amides is 1. The summed E-state index contributed by atoms with van der Waals surface area (Å²) >= 11 is 10.5. The molecule has 10 N–H and O–H groups in total. The van der Waals surface area contributed by atoms with Crippen molar-refractivity contribution in [3.05, 3.63) is 116 Å². The number of ether oxygens (including phenoxy) is 8. The number of carbonyl (C=O) groups excluding carboxylic acids is 9. The number of benzene rings is 5. The second-order valence-electron chi connectivity index (χ2n) is 23.1. The highest BCUT2D eigenvalue weighted by atomic mass is 79.9. The van der Waals surface area contributed by atoms with E-state index in [1.807, 2.05) is 0 Å². The number of nitrogens with two attached hydrogens (primary N) is 1. The van der Waals surface area contributed by atoms with Crippen LogP contribution in [0.2, 0.25) is 5.02 Å². The first-order valence-electron chi connectivity index (χ1n) is 28.6. The number of methoxy groups -OCH3 is 5. The molecule has 5 heterocycles. The van der Waals surface area contributed by atoms with Gasteiger partial charge in [0.05, 0.1) is 51.5 Å². The summed E-state index contributed by atoms with van der Waals surface area (Å²) in [7, 11) is 7.68. The fourth-order valence-electron chi connectivity index (χ4n) is 10.6. The molecule has 5 aromatic rings. The van der Waals surface area contributed by atoms with Crippen molar-refractivity contribution in [3.63, 3.8) is 0 Å². The number of aliphatic hydroxyl groups excluding tert-OH is 2. The first kappa shape index (κ1) is 68.5. The van der Waals surface area contributed by atoms with Gasteiger partial charge in [-0.3, -0.25) is 38.5 Å². The highest BCUT2D eigenvalue weighted by Gasteiger charge is 2.43. The first-order valence-corrected chi connectivity index (χ1v) is 29.8. The Bertz CT molecular complexity index is 3750. The topological polar surface area (TPSA) is 369 Å². The lowest BCUT2D eigenvalue weighted by molar-refractivity contribution is -0.146. The third-order valence-electron chi connectivity index (χ3n) is 15.1. The van der Waals surface area contributed by atoms with Crippen LogP contribution in [-0.2, 0) is 47.8 Å². The third kappa shape index (κ3) is 15.0. The minimum absolute atomic E-state index is 0.00734. The predicted molar refractivity (Wildman–Crippen MR) is 332 cm³/mol. The van der Waals surface area contributed by atoms with Gasteiger partial charge in [0.25, 0.3) is 0 Å². The molecule has 0 spiro atoms. The Morgan fingerprint density at radius 3 is 1.88 bits per heavy atom. The van der Waals surface area contributed by atoms with Crippen molar-refractivity contribution in [2.45, 2.75) is 108 Å². The van der Waals surface area contributed by atoms with E-state index >= 15 is 19.2 Å². The number of hydrogen-bond acceptors (Lipinski definition) is 19. The first-order chi connectivity index (χ1) is 43.5. The summed E-state index contributed by atoms with van der Waals surface area (Å²) in [5.41, 5.74) is 4.68. The molecule has 29 heteroatoms. The van der Waals surface area contributed by atoms with Crippen LogP contribution in [0.25, 0.3) is 11.1 Å². The number of amides is 8. The van der Waals surface area contributed by atoms with E-state index < -0.39 is 120 Å². The molecule has 8 amide bonds. The highest BCUT2D eigenvalue weighted by molar-refractivity contribution is 9.10.